The van der Waals surface area contributed by atoms with E-state index in [-0.39, 0.29) is 11.9 Å². The monoisotopic (exact) mass is 297 g/mol. The van der Waals surface area contributed by atoms with Crippen molar-refractivity contribution in [2.24, 2.45) is 0 Å². The predicted molar refractivity (Wildman–Crippen MR) is 72.8 cm³/mol. The van der Waals surface area contributed by atoms with Crippen LogP contribution in [-0.2, 0) is 4.79 Å². The van der Waals surface area contributed by atoms with E-state index < -0.39 is 0 Å². The number of hydrogen-bond donors (Lipinski definition) is 3. The van der Waals surface area contributed by atoms with Gasteiger partial charge in [0, 0.05) is 10.5 Å². The summed E-state index contributed by atoms with van der Waals surface area (Å²) in [6, 6.07) is 5.67. The molecule has 1 aliphatic rings. The SMILES string of the molecule is CC(Nc1ccc(Br)cc1N)C(=O)NC1CC1. The first kappa shape index (κ1) is 12.2. The molecule has 0 radical (unpaired) electrons. The van der Waals surface area contributed by atoms with Crippen LogP contribution in [0.4, 0.5) is 11.4 Å². The molecule has 0 heterocycles. The smallest absolute Gasteiger partial charge is 0.242 e. The third-order valence-corrected chi connectivity index (χ3v) is 3.20. The molecule has 17 heavy (non-hydrogen) atoms. The van der Waals surface area contributed by atoms with Crippen molar-refractivity contribution < 1.29 is 4.79 Å². The van der Waals surface area contributed by atoms with Gasteiger partial charge in [0.25, 0.3) is 0 Å². The molecule has 1 aromatic rings. The fourth-order valence-corrected chi connectivity index (χ4v) is 1.90. The normalized spacial score (nSPS) is 16.4. The van der Waals surface area contributed by atoms with Gasteiger partial charge in [0.1, 0.15) is 6.04 Å². The Balaban J connectivity index is 1.96. The second kappa shape index (κ2) is 4.96. The first-order valence-electron chi connectivity index (χ1n) is 5.68. The molecule has 1 aliphatic carbocycles. The maximum absolute atomic E-state index is 11.8. The molecule has 4 nitrogen and oxygen atoms in total. The third-order valence-electron chi connectivity index (χ3n) is 2.70. The summed E-state index contributed by atoms with van der Waals surface area (Å²) in [5.74, 6) is 0.0230. The summed E-state index contributed by atoms with van der Waals surface area (Å²) in [5.41, 5.74) is 7.27. The molecule has 1 amide bonds. The fraction of sp³-hybridized carbons (Fsp3) is 0.417. The number of nitrogen functional groups attached to an aromatic ring is 1. The molecule has 4 N–H and O–H groups in total. The van der Waals surface area contributed by atoms with Gasteiger partial charge in [0.15, 0.2) is 0 Å². The highest BCUT2D eigenvalue weighted by Crippen LogP contribution is 2.24. The minimum absolute atomic E-state index is 0.0230. The molecule has 0 aliphatic heterocycles. The second-order valence-electron chi connectivity index (χ2n) is 4.38. The largest absolute Gasteiger partial charge is 0.397 e. The lowest BCUT2D eigenvalue weighted by molar-refractivity contribution is -0.121. The van der Waals surface area contributed by atoms with Crippen LogP contribution in [0.1, 0.15) is 19.8 Å². The van der Waals surface area contributed by atoms with Gasteiger partial charge in [-0.25, -0.2) is 0 Å². The number of nitrogens with one attached hydrogen (secondary N) is 2. The maximum Gasteiger partial charge on any atom is 0.242 e. The van der Waals surface area contributed by atoms with Crippen molar-refractivity contribution >= 4 is 33.2 Å². The predicted octanol–water partition coefficient (Wildman–Crippen LogP) is 2.11. The standard InChI is InChI=1S/C12H16BrN3O/c1-7(12(17)16-9-3-4-9)15-11-5-2-8(13)6-10(11)14/h2,5-7,9,15H,3-4,14H2,1H3,(H,16,17). The van der Waals surface area contributed by atoms with E-state index in [9.17, 15) is 4.79 Å². The highest BCUT2D eigenvalue weighted by atomic mass is 79.9. The van der Waals surface area contributed by atoms with Crippen molar-refractivity contribution in [3.63, 3.8) is 0 Å². The van der Waals surface area contributed by atoms with Crippen LogP contribution < -0.4 is 16.4 Å². The Morgan fingerprint density at radius 2 is 2.24 bits per heavy atom. The quantitative estimate of drug-likeness (QED) is 0.746. The molecule has 1 saturated carbocycles. The average molecular weight is 298 g/mol. The van der Waals surface area contributed by atoms with Crippen molar-refractivity contribution in [2.75, 3.05) is 11.1 Å². The molecular weight excluding hydrogens is 282 g/mol. The van der Waals surface area contributed by atoms with E-state index in [0.29, 0.717) is 11.7 Å². The lowest BCUT2D eigenvalue weighted by Crippen LogP contribution is -2.38. The summed E-state index contributed by atoms with van der Waals surface area (Å²) < 4.78 is 0.927. The molecule has 0 saturated heterocycles. The van der Waals surface area contributed by atoms with Crippen molar-refractivity contribution in [3.05, 3.63) is 22.7 Å². The number of rotatable bonds is 4. The Morgan fingerprint density at radius 1 is 1.53 bits per heavy atom. The number of amides is 1. The zero-order valence-electron chi connectivity index (χ0n) is 9.66. The van der Waals surface area contributed by atoms with Crippen LogP contribution in [0.2, 0.25) is 0 Å². The molecule has 1 fully saturated rings. The summed E-state index contributed by atoms with van der Waals surface area (Å²) >= 11 is 3.35. The summed E-state index contributed by atoms with van der Waals surface area (Å²) in [7, 11) is 0. The molecule has 5 heteroatoms. The van der Waals surface area contributed by atoms with Gasteiger partial charge in [-0.05, 0) is 38.0 Å². The van der Waals surface area contributed by atoms with Crippen molar-refractivity contribution in [2.45, 2.75) is 31.8 Å². The number of nitrogens with two attached hydrogens (primary N) is 1. The third kappa shape index (κ3) is 3.36. The van der Waals surface area contributed by atoms with Gasteiger partial charge in [-0.3, -0.25) is 4.79 Å². The van der Waals surface area contributed by atoms with Crippen LogP contribution in [0.5, 0.6) is 0 Å². The average Bonchev–Trinajstić information content (AvgIpc) is 3.06. The minimum atomic E-state index is -0.279. The van der Waals surface area contributed by atoms with E-state index in [0.717, 1.165) is 23.0 Å². The van der Waals surface area contributed by atoms with Crippen molar-refractivity contribution in [1.29, 1.82) is 0 Å². The first-order chi connectivity index (χ1) is 8.06. The number of carbonyl (C=O) groups is 1. The Labute approximate surface area is 109 Å². The fourth-order valence-electron chi connectivity index (χ4n) is 1.52. The van der Waals surface area contributed by atoms with E-state index >= 15 is 0 Å². The molecule has 92 valence electrons. The van der Waals surface area contributed by atoms with Crippen LogP contribution >= 0.6 is 15.9 Å². The van der Waals surface area contributed by atoms with E-state index in [2.05, 4.69) is 26.6 Å². The van der Waals surface area contributed by atoms with Gasteiger partial charge in [-0.15, -0.1) is 0 Å². The zero-order valence-corrected chi connectivity index (χ0v) is 11.3. The lowest BCUT2D eigenvalue weighted by atomic mass is 10.2. The first-order valence-corrected chi connectivity index (χ1v) is 6.47. The van der Waals surface area contributed by atoms with Crippen LogP contribution in [0, 0.1) is 0 Å². The summed E-state index contributed by atoms with van der Waals surface area (Å²) in [4.78, 5) is 11.8. The van der Waals surface area contributed by atoms with E-state index in [1.807, 2.05) is 25.1 Å². The maximum atomic E-state index is 11.8. The Hall–Kier alpha value is -1.23. The second-order valence-corrected chi connectivity index (χ2v) is 5.30. The Bertz CT molecular complexity index is 432. The van der Waals surface area contributed by atoms with Gasteiger partial charge >= 0.3 is 0 Å². The Morgan fingerprint density at radius 3 is 2.82 bits per heavy atom. The van der Waals surface area contributed by atoms with Crippen LogP contribution in [0.3, 0.4) is 0 Å². The number of benzene rings is 1. The molecule has 1 aromatic carbocycles. The number of hydrogen-bond acceptors (Lipinski definition) is 3. The van der Waals surface area contributed by atoms with Crippen LogP contribution in [-0.4, -0.2) is 18.0 Å². The van der Waals surface area contributed by atoms with Crippen molar-refractivity contribution in [3.8, 4) is 0 Å². The molecular formula is C12H16BrN3O. The zero-order chi connectivity index (χ0) is 12.4. The molecule has 2 rings (SSSR count). The summed E-state index contributed by atoms with van der Waals surface area (Å²) in [5, 5.41) is 6.07. The summed E-state index contributed by atoms with van der Waals surface area (Å²) in [6.07, 6.45) is 2.19. The summed E-state index contributed by atoms with van der Waals surface area (Å²) in [6.45, 7) is 1.83. The highest BCUT2D eigenvalue weighted by Gasteiger charge is 2.25. The van der Waals surface area contributed by atoms with E-state index in [1.165, 1.54) is 0 Å². The van der Waals surface area contributed by atoms with Gasteiger partial charge in [-0.2, -0.15) is 0 Å². The number of anilines is 2. The van der Waals surface area contributed by atoms with Gasteiger partial charge in [0.2, 0.25) is 5.91 Å². The van der Waals surface area contributed by atoms with Crippen LogP contribution in [0.25, 0.3) is 0 Å². The van der Waals surface area contributed by atoms with E-state index in [1.54, 1.807) is 0 Å². The van der Waals surface area contributed by atoms with Gasteiger partial charge in [-0.1, -0.05) is 15.9 Å². The topological polar surface area (TPSA) is 67.1 Å². The molecule has 0 aromatic heterocycles. The molecule has 1 atom stereocenters. The molecule has 0 spiro atoms. The van der Waals surface area contributed by atoms with Crippen LogP contribution in [0.15, 0.2) is 22.7 Å². The highest BCUT2D eigenvalue weighted by molar-refractivity contribution is 9.10. The minimum Gasteiger partial charge on any atom is -0.397 e. The van der Waals surface area contributed by atoms with E-state index in [4.69, 9.17) is 5.73 Å². The van der Waals surface area contributed by atoms with Gasteiger partial charge in [0.05, 0.1) is 11.4 Å². The molecule has 1 unspecified atom stereocenters. The Kier molecular flexibility index (Phi) is 3.57. The number of carbonyl (C=O) groups excluding carboxylic acids is 1. The van der Waals surface area contributed by atoms with Gasteiger partial charge < -0.3 is 16.4 Å². The van der Waals surface area contributed by atoms with Crippen molar-refractivity contribution in [1.82, 2.24) is 5.32 Å². The molecule has 0 bridgehead atoms. The number of halogens is 1. The lowest BCUT2D eigenvalue weighted by Gasteiger charge is -2.16.